The lowest BCUT2D eigenvalue weighted by molar-refractivity contribution is -0.140. The highest BCUT2D eigenvalue weighted by Gasteiger charge is 2.07. The van der Waals surface area contributed by atoms with Gasteiger partial charge in [0, 0.05) is 6.42 Å². The smallest absolute Gasteiger partial charge is 0.305 e. The molecule has 0 aliphatic heterocycles. The third-order valence-electron chi connectivity index (χ3n) is 1.60. The highest BCUT2D eigenvalue weighted by molar-refractivity contribution is 5.68. The van der Waals surface area contributed by atoms with Crippen molar-refractivity contribution in [2.75, 3.05) is 27.2 Å². The molecule has 3 nitrogen and oxygen atoms in total. The first-order valence-corrected chi connectivity index (χ1v) is 4.09. The average Bonchev–Trinajstić information content (AvgIpc) is 2.02. The SMILES string of the molecule is COC(=O)CCCN(C)CC(F)F. The standard InChI is InChI=1S/C8H15F2NO2/c1-11(6-7(9)10)5-3-4-8(12)13-2/h7H,3-6H2,1-2H3. The lowest BCUT2D eigenvalue weighted by atomic mass is 10.3. The number of ether oxygens (including phenoxy) is 1. The van der Waals surface area contributed by atoms with Gasteiger partial charge >= 0.3 is 5.97 Å². The van der Waals surface area contributed by atoms with E-state index >= 15 is 0 Å². The van der Waals surface area contributed by atoms with Crippen LogP contribution in [0.2, 0.25) is 0 Å². The van der Waals surface area contributed by atoms with E-state index in [2.05, 4.69) is 4.74 Å². The van der Waals surface area contributed by atoms with Crippen LogP contribution in [-0.4, -0.2) is 44.5 Å². The van der Waals surface area contributed by atoms with Crippen LogP contribution < -0.4 is 0 Å². The number of hydrogen-bond acceptors (Lipinski definition) is 3. The van der Waals surface area contributed by atoms with Crippen LogP contribution >= 0.6 is 0 Å². The number of rotatable bonds is 6. The molecule has 0 aliphatic rings. The summed E-state index contributed by atoms with van der Waals surface area (Å²) in [5, 5.41) is 0. The average molecular weight is 195 g/mol. The van der Waals surface area contributed by atoms with E-state index in [1.54, 1.807) is 7.05 Å². The van der Waals surface area contributed by atoms with Crippen LogP contribution in [0.3, 0.4) is 0 Å². The third kappa shape index (κ3) is 7.64. The van der Waals surface area contributed by atoms with E-state index in [1.165, 1.54) is 12.0 Å². The molecule has 0 rings (SSSR count). The van der Waals surface area contributed by atoms with Crippen LogP contribution in [0, 0.1) is 0 Å². The van der Waals surface area contributed by atoms with Gasteiger partial charge < -0.3 is 9.64 Å². The molecular weight excluding hydrogens is 180 g/mol. The van der Waals surface area contributed by atoms with Gasteiger partial charge in [-0.05, 0) is 20.0 Å². The molecule has 78 valence electrons. The fourth-order valence-corrected chi connectivity index (χ4v) is 0.922. The van der Waals surface area contributed by atoms with Crippen LogP contribution in [0.1, 0.15) is 12.8 Å². The van der Waals surface area contributed by atoms with Crippen molar-refractivity contribution in [2.45, 2.75) is 19.3 Å². The van der Waals surface area contributed by atoms with E-state index in [1.807, 2.05) is 0 Å². The summed E-state index contributed by atoms with van der Waals surface area (Å²) in [5.74, 6) is -0.301. The quantitative estimate of drug-likeness (QED) is 0.595. The lowest BCUT2D eigenvalue weighted by Crippen LogP contribution is -2.26. The van der Waals surface area contributed by atoms with Crippen molar-refractivity contribution in [3.63, 3.8) is 0 Å². The Labute approximate surface area is 76.7 Å². The maximum absolute atomic E-state index is 11.8. The summed E-state index contributed by atoms with van der Waals surface area (Å²) in [6.45, 7) is 0.237. The van der Waals surface area contributed by atoms with Crippen molar-refractivity contribution in [2.24, 2.45) is 0 Å². The second-order valence-electron chi connectivity index (χ2n) is 2.83. The zero-order valence-corrected chi connectivity index (χ0v) is 7.93. The minimum Gasteiger partial charge on any atom is -0.469 e. The Kier molecular flexibility index (Phi) is 6.40. The summed E-state index contributed by atoms with van der Waals surface area (Å²) < 4.78 is 28.0. The van der Waals surface area contributed by atoms with Crippen LogP contribution in [0.5, 0.6) is 0 Å². The number of hydrogen-bond donors (Lipinski definition) is 0. The van der Waals surface area contributed by atoms with Gasteiger partial charge in [0.1, 0.15) is 0 Å². The first kappa shape index (κ1) is 12.3. The first-order chi connectivity index (χ1) is 6.06. The Morgan fingerprint density at radius 1 is 1.54 bits per heavy atom. The molecular formula is C8H15F2NO2. The van der Waals surface area contributed by atoms with Gasteiger partial charge in [-0.3, -0.25) is 4.79 Å². The molecule has 0 unspecified atom stereocenters. The van der Waals surface area contributed by atoms with Gasteiger partial charge in [-0.15, -0.1) is 0 Å². The van der Waals surface area contributed by atoms with Gasteiger partial charge in [0.25, 0.3) is 6.43 Å². The van der Waals surface area contributed by atoms with Crippen molar-refractivity contribution < 1.29 is 18.3 Å². The molecule has 0 atom stereocenters. The van der Waals surface area contributed by atoms with Crippen molar-refractivity contribution in [3.05, 3.63) is 0 Å². The number of carbonyl (C=O) groups excluding carboxylic acids is 1. The second kappa shape index (κ2) is 6.77. The van der Waals surface area contributed by atoms with Gasteiger partial charge in [0.15, 0.2) is 0 Å². The molecule has 0 fully saturated rings. The number of esters is 1. The summed E-state index contributed by atoms with van der Waals surface area (Å²) in [6, 6.07) is 0. The molecule has 0 N–H and O–H groups in total. The molecule has 0 heterocycles. The van der Waals surface area contributed by atoms with Crippen LogP contribution in [0.25, 0.3) is 0 Å². The summed E-state index contributed by atoms with van der Waals surface area (Å²) in [4.78, 5) is 12.1. The number of halogens is 2. The van der Waals surface area contributed by atoms with Gasteiger partial charge in [-0.1, -0.05) is 0 Å². The largest absolute Gasteiger partial charge is 0.469 e. The van der Waals surface area contributed by atoms with Crippen LogP contribution in [0.15, 0.2) is 0 Å². The molecule has 0 aromatic carbocycles. The van der Waals surface area contributed by atoms with E-state index in [0.717, 1.165) is 0 Å². The fourth-order valence-electron chi connectivity index (χ4n) is 0.922. The normalized spacial score (nSPS) is 10.9. The van der Waals surface area contributed by atoms with Crippen LogP contribution in [0.4, 0.5) is 8.78 Å². The highest BCUT2D eigenvalue weighted by Crippen LogP contribution is 1.99. The third-order valence-corrected chi connectivity index (χ3v) is 1.60. The topological polar surface area (TPSA) is 29.5 Å². The predicted octanol–water partition coefficient (Wildman–Crippen LogP) is 1.14. The monoisotopic (exact) mass is 195 g/mol. The van der Waals surface area contributed by atoms with E-state index in [0.29, 0.717) is 13.0 Å². The van der Waals surface area contributed by atoms with Crippen molar-refractivity contribution in [3.8, 4) is 0 Å². The molecule has 0 amide bonds. The summed E-state index contributed by atoms with van der Waals surface area (Å²) in [7, 11) is 2.91. The predicted molar refractivity (Wildman–Crippen MR) is 44.8 cm³/mol. The minimum atomic E-state index is -2.32. The number of nitrogens with zero attached hydrogens (tertiary/aromatic N) is 1. The molecule has 0 aliphatic carbocycles. The molecule has 0 aromatic heterocycles. The van der Waals surface area contributed by atoms with Gasteiger partial charge in [0.2, 0.25) is 0 Å². The van der Waals surface area contributed by atoms with Crippen molar-refractivity contribution in [1.82, 2.24) is 4.90 Å². The summed E-state index contributed by atoms with van der Waals surface area (Å²) in [6.07, 6.45) is -1.48. The molecule has 0 saturated carbocycles. The van der Waals surface area contributed by atoms with Crippen molar-refractivity contribution >= 4 is 5.97 Å². The van der Waals surface area contributed by atoms with E-state index < -0.39 is 6.43 Å². The number of alkyl halides is 2. The molecule has 0 saturated heterocycles. The molecule has 0 aromatic rings. The van der Waals surface area contributed by atoms with E-state index in [4.69, 9.17) is 0 Å². The Hall–Kier alpha value is -0.710. The Balaban J connectivity index is 3.36. The summed E-state index contributed by atoms with van der Waals surface area (Å²) >= 11 is 0. The van der Waals surface area contributed by atoms with Gasteiger partial charge in [-0.25, -0.2) is 8.78 Å². The molecule has 0 radical (unpaired) electrons. The minimum absolute atomic E-state index is 0.249. The van der Waals surface area contributed by atoms with E-state index in [-0.39, 0.29) is 18.9 Å². The Bertz CT molecular complexity index is 153. The molecule has 0 bridgehead atoms. The zero-order chi connectivity index (χ0) is 10.3. The van der Waals surface area contributed by atoms with E-state index in [9.17, 15) is 13.6 Å². The molecule has 5 heteroatoms. The van der Waals surface area contributed by atoms with Crippen LogP contribution in [-0.2, 0) is 9.53 Å². The fraction of sp³-hybridized carbons (Fsp3) is 0.875. The zero-order valence-electron chi connectivity index (χ0n) is 7.93. The second-order valence-corrected chi connectivity index (χ2v) is 2.83. The maximum Gasteiger partial charge on any atom is 0.305 e. The number of carbonyl (C=O) groups is 1. The maximum atomic E-state index is 11.8. The summed E-state index contributed by atoms with van der Waals surface area (Å²) in [5.41, 5.74) is 0. The number of methoxy groups -OCH3 is 1. The first-order valence-electron chi connectivity index (χ1n) is 4.09. The Morgan fingerprint density at radius 2 is 2.15 bits per heavy atom. The van der Waals surface area contributed by atoms with Gasteiger partial charge in [0.05, 0.1) is 13.7 Å². The molecule has 0 spiro atoms. The lowest BCUT2D eigenvalue weighted by Gasteiger charge is -2.14. The van der Waals surface area contributed by atoms with Crippen molar-refractivity contribution in [1.29, 1.82) is 0 Å². The Morgan fingerprint density at radius 3 is 2.62 bits per heavy atom. The molecule has 13 heavy (non-hydrogen) atoms. The van der Waals surface area contributed by atoms with Gasteiger partial charge in [-0.2, -0.15) is 0 Å². The highest BCUT2D eigenvalue weighted by atomic mass is 19.3.